The third-order valence-electron chi connectivity index (χ3n) is 3.66. The number of hydrogen-bond donors (Lipinski definition) is 1. The highest BCUT2D eigenvalue weighted by molar-refractivity contribution is 7.89. The van der Waals surface area contributed by atoms with Gasteiger partial charge < -0.3 is 10.1 Å². The second kappa shape index (κ2) is 7.47. The molecule has 9 heteroatoms. The van der Waals surface area contributed by atoms with Crippen molar-refractivity contribution in [1.29, 1.82) is 0 Å². The molecule has 0 aliphatic carbocycles. The third kappa shape index (κ3) is 4.24. The summed E-state index contributed by atoms with van der Waals surface area (Å²) >= 11 is 11.9. The maximum Gasteiger partial charge on any atom is 0.246 e. The van der Waals surface area contributed by atoms with E-state index in [1.54, 1.807) is 0 Å². The van der Waals surface area contributed by atoms with E-state index in [4.69, 9.17) is 27.9 Å². The first kappa shape index (κ1) is 18.4. The number of benzene rings is 2. The lowest BCUT2D eigenvalue weighted by atomic mass is 10.3. The largest absolute Gasteiger partial charge is 0.456 e. The number of halogens is 3. The minimum absolute atomic E-state index is 0.0123. The van der Waals surface area contributed by atoms with E-state index in [1.807, 2.05) is 0 Å². The number of piperazine rings is 1. The summed E-state index contributed by atoms with van der Waals surface area (Å²) in [5, 5.41) is 3.76. The summed E-state index contributed by atoms with van der Waals surface area (Å²) in [6.45, 7) is 1.69. The SMILES string of the molecule is O=S(=O)(c1cc(F)ccc1Oc1cc(Cl)cc(Cl)c1)N1CCNCC1. The molecule has 1 heterocycles. The van der Waals surface area contributed by atoms with Crippen LogP contribution >= 0.6 is 23.2 Å². The number of rotatable bonds is 4. The summed E-state index contributed by atoms with van der Waals surface area (Å²) in [6, 6.07) is 7.89. The van der Waals surface area contributed by atoms with Crippen LogP contribution in [-0.4, -0.2) is 38.9 Å². The highest BCUT2D eigenvalue weighted by Gasteiger charge is 2.29. The van der Waals surface area contributed by atoms with Gasteiger partial charge in [0.25, 0.3) is 0 Å². The lowest BCUT2D eigenvalue weighted by Crippen LogP contribution is -2.46. The van der Waals surface area contributed by atoms with Crippen LogP contribution in [-0.2, 0) is 10.0 Å². The zero-order chi connectivity index (χ0) is 18.0. The first-order valence-electron chi connectivity index (χ1n) is 7.50. The number of ether oxygens (including phenoxy) is 1. The van der Waals surface area contributed by atoms with Gasteiger partial charge in [0.05, 0.1) is 0 Å². The Morgan fingerprint density at radius 3 is 2.32 bits per heavy atom. The summed E-state index contributed by atoms with van der Waals surface area (Å²) < 4.78 is 46.4. The fraction of sp³-hybridized carbons (Fsp3) is 0.250. The van der Waals surface area contributed by atoms with Gasteiger partial charge in [-0.25, -0.2) is 12.8 Å². The van der Waals surface area contributed by atoms with E-state index in [0.29, 0.717) is 36.2 Å². The van der Waals surface area contributed by atoms with E-state index >= 15 is 0 Å². The Kier molecular flexibility index (Phi) is 5.50. The van der Waals surface area contributed by atoms with Crippen molar-refractivity contribution in [2.24, 2.45) is 0 Å². The molecule has 1 N–H and O–H groups in total. The van der Waals surface area contributed by atoms with Crippen molar-refractivity contribution in [2.45, 2.75) is 4.90 Å². The van der Waals surface area contributed by atoms with Crippen molar-refractivity contribution >= 4 is 33.2 Å². The maximum atomic E-state index is 13.7. The van der Waals surface area contributed by atoms with Gasteiger partial charge in [0.2, 0.25) is 10.0 Å². The second-order valence-corrected chi connectivity index (χ2v) is 8.23. The fourth-order valence-corrected chi connectivity index (χ4v) is 4.58. The molecule has 0 atom stereocenters. The zero-order valence-corrected chi connectivity index (χ0v) is 15.3. The molecule has 0 amide bonds. The Labute approximate surface area is 155 Å². The average molecular weight is 405 g/mol. The fourth-order valence-electron chi connectivity index (χ4n) is 2.51. The summed E-state index contributed by atoms with van der Waals surface area (Å²) in [5.74, 6) is -0.385. The molecule has 0 spiro atoms. The van der Waals surface area contributed by atoms with E-state index in [-0.39, 0.29) is 16.4 Å². The van der Waals surface area contributed by atoms with E-state index in [0.717, 1.165) is 12.1 Å². The Balaban J connectivity index is 2.00. The predicted octanol–water partition coefficient (Wildman–Crippen LogP) is 3.52. The Hall–Kier alpha value is -1.38. The van der Waals surface area contributed by atoms with E-state index in [9.17, 15) is 12.8 Å². The lowest BCUT2D eigenvalue weighted by Gasteiger charge is -2.27. The molecule has 1 aliphatic heterocycles. The van der Waals surface area contributed by atoms with Gasteiger partial charge >= 0.3 is 0 Å². The van der Waals surface area contributed by atoms with Crippen LogP contribution in [0.5, 0.6) is 11.5 Å². The number of nitrogens with zero attached hydrogens (tertiary/aromatic N) is 1. The Morgan fingerprint density at radius 2 is 1.68 bits per heavy atom. The van der Waals surface area contributed by atoms with Gasteiger partial charge in [-0.1, -0.05) is 23.2 Å². The number of sulfonamides is 1. The zero-order valence-electron chi connectivity index (χ0n) is 13.0. The summed E-state index contributed by atoms with van der Waals surface area (Å²) in [7, 11) is -3.89. The molecule has 0 unspecified atom stereocenters. The van der Waals surface area contributed by atoms with E-state index < -0.39 is 15.8 Å². The molecule has 0 saturated carbocycles. The Bertz CT molecular complexity index is 867. The van der Waals surface area contributed by atoms with Crippen molar-refractivity contribution in [2.75, 3.05) is 26.2 Å². The van der Waals surface area contributed by atoms with Gasteiger partial charge in [0, 0.05) is 36.2 Å². The summed E-state index contributed by atoms with van der Waals surface area (Å²) in [5.41, 5.74) is 0. The molecule has 2 aromatic carbocycles. The van der Waals surface area contributed by atoms with Crippen LogP contribution in [0.15, 0.2) is 41.3 Å². The van der Waals surface area contributed by atoms with Crippen molar-refractivity contribution in [3.8, 4) is 11.5 Å². The van der Waals surface area contributed by atoms with Gasteiger partial charge in [0.15, 0.2) is 0 Å². The first-order valence-corrected chi connectivity index (χ1v) is 9.70. The summed E-state index contributed by atoms with van der Waals surface area (Å²) in [6.07, 6.45) is 0. The lowest BCUT2D eigenvalue weighted by molar-refractivity contribution is 0.357. The molecule has 5 nitrogen and oxygen atoms in total. The molecule has 1 fully saturated rings. The molecule has 1 aliphatic rings. The molecule has 25 heavy (non-hydrogen) atoms. The van der Waals surface area contributed by atoms with Crippen LogP contribution in [0.1, 0.15) is 0 Å². The van der Waals surface area contributed by atoms with Crippen molar-refractivity contribution < 1.29 is 17.5 Å². The van der Waals surface area contributed by atoms with Gasteiger partial charge in [-0.15, -0.1) is 0 Å². The highest BCUT2D eigenvalue weighted by Crippen LogP contribution is 2.34. The maximum absolute atomic E-state index is 13.7. The van der Waals surface area contributed by atoms with Crippen LogP contribution in [0, 0.1) is 5.82 Å². The third-order valence-corrected chi connectivity index (χ3v) is 6.02. The van der Waals surface area contributed by atoms with Crippen LogP contribution in [0.3, 0.4) is 0 Å². The first-order chi connectivity index (χ1) is 11.9. The number of nitrogens with one attached hydrogen (secondary N) is 1. The molecule has 1 saturated heterocycles. The van der Waals surface area contributed by atoms with Crippen molar-refractivity contribution in [3.63, 3.8) is 0 Å². The summed E-state index contributed by atoms with van der Waals surface area (Å²) in [4.78, 5) is -0.231. The normalized spacial score (nSPS) is 16.0. The molecule has 0 aromatic heterocycles. The van der Waals surface area contributed by atoms with Crippen molar-refractivity contribution in [3.05, 3.63) is 52.3 Å². The molecular weight excluding hydrogens is 390 g/mol. The Morgan fingerprint density at radius 1 is 1.04 bits per heavy atom. The molecule has 134 valence electrons. The second-order valence-electron chi connectivity index (χ2n) is 5.45. The van der Waals surface area contributed by atoms with E-state index in [2.05, 4.69) is 5.32 Å². The topological polar surface area (TPSA) is 58.6 Å². The molecule has 3 rings (SSSR count). The van der Waals surface area contributed by atoms with Gasteiger partial charge in [0.1, 0.15) is 22.2 Å². The van der Waals surface area contributed by atoms with Gasteiger partial charge in [-0.3, -0.25) is 0 Å². The van der Waals surface area contributed by atoms with E-state index in [1.165, 1.54) is 28.6 Å². The quantitative estimate of drug-likeness (QED) is 0.846. The minimum atomic E-state index is -3.89. The standard InChI is InChI=1S/C16H15Cl2FN2O3S/c17-11-7-12(18)9-14(8-11)24-15-2-1-13(19)10-16(15)25(22,23)21-5-3-20-4-6-21/h1-2,7-10,20H,3-6H2. The molecule has 0 radical (unpaired) electrons. The molecule has 2 aromatic rings. The van der Waals surface area contributed by atoms with Crippen LogP contribution in [0.2, 0.25) is 10.0 Å². The highest BCUT2D eigenvalue weighted by atomic mass is 35.5. The van der Waals surface area contributed by atoms with Crippen LogP contribution in [0.4, 0.5) is 4.39 Å². The van der Waals surface area contributed by atoms with Crippen LogP contribution < -0.4 is 10.1 Å². The van der Waals surface area contributed by atoms with Gasteiger partial charge in [-0.2, -0.15) is 4.31 Å². The van der Waals surface area contributed by atoms with Crippen molar-refractivity contribution in [1.82, 2.24) is 9.62 Å². The monoisotopic (exact) mass is 404 g/mol. The smallest absolute Gasteiger partial charge is 0.246 e. The van der Waals surface area contributed by atoms with Crippen LogP contribution in [0.25, 0.3) is 0 Å². The number of hydrogen-bond acceptors (Lipinski definition) is 4. The molecule has 0 bridgehead atoms. The average Bonchev–Trinajstić information content (AvgIpc) is 2.56. The predicted molar refractivity (Wildman–Crippen MR) is 94.6 cm³/mol. The molecular formula is C16H15Cl2FN2O3S. The van der Waals surface area contributed by atoms with Gasteiger partial charge in [-0.05, 0) is 36.4 Å². The minimum Gasteiger partial charge on any atom is -0.456 e.